The van der Waals surface area contributed by atoms with Gasteiger partial charge in [0.15, 0.2) is 11.4 Å². The van der Waals surface area contributed by atoms with Gasteiger partial charge in [-0.2, -0.15) is 0 Å². The van der Waals surface area contributed by atoms with E-state index in [0.717, 1.165) is 50.0 Å². The third-order valence-electron chi connectivity index (χ3n) is 6.59. The highest BCUT2D eigenvalue weighted by atomic mass is 16.3. The van der Waals surface area contributed by atoms with Gasteiger partial charge in [-0.1, -0.05) is 109 Å². The molecule has 5 aromatic carbocycles. The molecule has 176 valence electrons. The largest absolute Gasteiger partial charge is 0.436 e. The van der Waals surface area contributed by atoms with Gasteiger partial charge in [0.2, 0.25) is 5.89 Å². The second kappa shape index (κ2) is 8.88. The van der Waals surface area contributed by atoms with Crippen LogP contribution in [0.3, 0.4) is 0 Å². The van der Waals surface area contributed by atoms with Crippen molar-refractivity contribution in [2.24, 2.45) is 9.98 Å². The molecule has 0 radical (unpaired) electrons. The molecule has 2 heterocycles. The summed E-state index contributed by atoms with van der Waals surface area (Å²) in [5, 5.41) is 5.77. The van der Waals surface area contributed by atoms with E-state index in [-0.39, 0.29) is 0 Å². The lowest BCUT2D eigenvalue weighted by atomic mass is 9.96. The average molecular weight is 479 g/mol. The molecule has 6 aromatic rings. The molecule has 37 heavy (non-hydrogen) atoms. The first-order valence-electron chi connectivity index (χ1n) is 12.2. The Bertz CT molecular complexity index is 1770. The monoisotopic (exact) mass is 478 g/mol. The van der Waals surface area contributed by atoms with Gasteiger partial charge in [0.25, 0.3) is 0 Å². The minimum atomic E-state index is -0.391. The third-order valence-corrected chi connectivity index (χ3v) is 6.59. The number of rotatable bonds is 4. The zero-order valence-corrected chi connectivity index (χ0v) is 19.9. The highest BCUT2D eigenvalue weighted by Crippen LogP contribution is 2.38. The first-order chi connectivity index (χ1) is 18.3. The number of hydrogen-bond donors (Lipinski definition) is 1. The average Bonchev–Trinajstić information content (AvgIpc) is 3.41. The van der Waals surface area contributed by atoms with E-state index < -0.39 is 6.17 Å². The second-order valence-corrected chi connectivity index (χ2v) is 8.93. The highest BCUT2D eigenvalue weighted by Gasteiger charge is 2.26. The molecule has 0 spiro atoms. The van der Waals surface area contributed by atoms with Crippen LogP contribution in [0, 0.1) is 0 Å². The van der Waals surface area contributed by atoms with Gasteiger partial charge < -0.3 is 9.73 Å². The maximum absolute atomic E-state index is 6.30. The third kappa shape index (κ3) is 3.87. The van der Waals surface area contributed by atoms with Crippen molar-refractivity contribution in [2.45, 2.75) is 6.17 Å². The molecule has 0 saturated carbocycles. The molecule has 1 unspecified atom stereocenters. The van der Waals surface area contributed by atoms with Crippen molar-refractivity contribution < 1.29 is 4.42 Å². The fourth-order valence-corrected chi connectivity index (χ4v) is 4.80. The molecule has 7 rings (SSSR count). The molecule has 1 N–H and O–H groups in total. The van der Waals surface area contributed by atoms with E-state index in [1.54, 1.807) is 0 Å². The SMILES string of the molecule is c1ccc(C2=NC(c3ccc4ccccc4c3-c3nc4ccccc4o3)NC(c3ccccc3)=N2)cc1. The first kappa shape index (κ1) is 21.3. The quantitative estimate of drug-likeness (QED) is 0.293. The molecular formula is C32H22N4O. The van der Waals surface area contributed by atoms with E-state index in [2.05, 4.69) is 41.7 Å². The molecule has 0 saturated heterocycles. The van der Waals surface area contributed by atoms with E-state index in [4.69, 9.17) is 19.4 Å². The Morgan fingerprint density at radius 3 is 2.16 bits per heavy atom. The number of aliphatic imine (C=N–C) groups is 2. The van der Waals surface area contributed by atoms with Crippen molar-refractivity contribution in [1.82, 2.24) is 10.3 Å². The van der Waals surface area contributed by atoms with Gasteiger partial charge in [-0.05, 0) is 22.9 Å². The molecule has 5 heteroatoms. The lowest BCUT2D eigenvalue weighted by Crippen LogP contribution is -2.33. The van der Waals surface area contributed by atoms with Crippen LogP contribution in [0.25, 0.3) is 33.3 Å². The van der Waals surface area contributed by atoms with Crippen molar-refractivity contribution in [3.8, 4) is 11.5 Å². The molecular weight excluding hydrogens is 456 g/mol. The molecule has 1 aliphatic rings. The Hall–Kier alpha value is -5.03. The Morgan fingerprint density at radius 1 is 0.649 bits per heavy atom. The number of amidine groups is 2. The Labute approximate surface area is 213 Å². The molecule has 0 fully saturated rings. The molecule has 1 atom stereocenters. The minimum Gasteiger partial charge on any atom is -0.436 e. The van der Waals surface area contributed by atoms with Gasteiger partial charge in [0.1, 0.15) is 17.5 Å². The summed E-state index contributed by atoms with van der Waals surface area (Å²) in [4.78, 5) is 14.9. The number of benzene rings is 5. The van der Waals surface area contributed by atoms with E-state index >= 15 is 0 Å². The molecule has 1 aliphatic heterocycles. The number of nitrogens with zero attached hydrogens (tertiary/aromatic N) is 3. The number of aromatic nitrogens is 1. The van der Waals surface area contributed by atoms with Crippen molar-refractivity contribution in [1.29, 1.82) is 0 Å². The van der Waals surface area contributed by atoms with Gasteiger partial charge in [-0.15, -0.1) is 0 Å². The van der Waals surface area contributed by atoms with E-state index in [1.165, 1.54) is 0 Å². The maximum atomic E-state index is 6.30. The van der Waals surface area contributed by atoms with Crippen molar-refractivity contribution in [3.63, 3.8) is 0 Å². The van der Waals surface area contributed by atoms with Gasteiger partial charge in [-0.3, -0.25) is 0 Å². The van der Waals surface area contributed by atoms with Gasteiger partial charge in [-0.25, -0.2) is 15.0 Å². The van der Waals surface area contributed by atoms with E-state index in [0.29, 0.717) is 11.7 Å². The Kier molecular flexibility index (Phi) is 5.10. The van der Waals surface area contributed by atoms with Crippen LogP contribution in [0.4, 0.5) is 0 Å². The summed E-state index contributed by atoms with van der Waals surface area (Å²) in [5.74, 6) is 2.03. The highest BCUT2D eigenvalue weighted by molar-refractivity contribution is 6.13. The summed E-state index contributed by atoms with van der Waals surface area (Å²) in [7, 11) is 0. The number of oxazole rings is 1. The lowest BCUT2D eigenvalue weighted by Gasteiger charge is -2.25. The normalized spacial score (nSPS) is 15.3. The van der Waals surface area contributed by atoms with Crippen LogP contribution in [0.15, 0.2) is 136 Å². The van der Waals surface area contributed by atoms with Crippen LogP contribution in [0.2, 0.25) is 0 Å². The molecule has 0 aliphatic carbocycles. The van der Waals surface area contributed by atoms with Crippen molar-refractivity contribution >= 4 is 33.5 Å². The zero-order chi connectivity index (χ0) is 24.6. The predicted molar refractivity (Wildman–Crippen MR) is 149 cm³/mol. The van der Waals surface area contributed by atoms with Gasteiger partial charge in [0, 0.05) is 16.7 Å². The van der Waals surface area contributed by atoms with Crippen LogP contribution >= 0.6 is 0 Å². The summed E-state index contributed by atoms with van der Waals surface area (Å²) < 4.78 is 6.30. The predicted octanol–water partition coefficient (Wildman–Crippen LogP) is 7.14. The minimum absolute atomic E-state index is 0.391. The summed E-state index contributed by atoms with van der Waals surface area (Å²) >= 11 is 0. The first-order valence-corrected chi connectivity index (χ1v) is 12.2. The van der Waals surface area contributed by atoms with Gasteiger partial charge >= 0.3 is 0 Å². The number of para-hydroxylation sites is 2. The maximum Gasteiger partial charge on any atom is 0.228 e. The molecule has 1 aromatic heterocycles. The van der Waals surface area contributed by atoms with E-state index in [1.807, 2.05) is 84.9 Å². The Balaban J connectivity index is 1.45. The lowest BCUT2D eigenvalue weighted by molar-refractivity contribution is 0.614. The standard InChI is InChI=1S/C32H22N4O/c1-3-12-22(13-4-1)29-34-30(23-14-5-2-6-15-23)36-31(35-29)25-20-19-21-11-7-8-16-24(21)28(25)32-33-26-17-9-10-18-27(26)37-32/h1-20,31H,(H,34,35,36). The second-order valence-electron chi connectivity index (χ2n) is 8.93. The van der Waals surface area contributed by atoms with Crippen molar-refractivity contribution in [2.75, 3.05) is 0 Å². The molecule has 0 amide bonds. The fourth-order valence-electron chi connectivity index (χ4n) is 4.80. The smallest absolute Gasteiger partial charge is 0.228 e. The van der Waals surface area contributed by atoms with Crippen LogP contribution in [-0.2, 0) is 0 Å². The summed E-state index contributed by atoms with van der Waals surface area (Å²) in [5.41, 5.74) is 5.45. The summed E-state index contributed by atoms with van der Waals surface area (Å²) in [6, 6.07) is 40.6. The van der Waals surface area contributed by atoms with Crippen LogP contribution in [-0.4, -0.2) is 16.7 Å². The Morgan fingerprint density at radius 2 is 1.35 bits per heavy atom. The number of hydrogen-bond acceptors (Lipinski definition) is 5. The van der Waals surface area contributed by atoms with Gasteiger partial charge in [0.05, 0.1) is 5.56 Å². The fraction of sp³-hybridized carbons (Fsp3) is 0.0312. The van der Waals surface area contributed by atoms with E-state index in [9.17, 15) is 0 Å². The zero-order valence-electron chi connectivity index (χ0n) is 19.9. The molecule has 0 bridgehead atoms. The van der Waals surface area contributed by atoms with Crippen LogP contribution in [0.1, 0.15) is 22.9 Å². The van der Waals surface area contributed by atoms with Crippen LogP contribution in [0.5, 0.6) is 0 Å². The van der Waals surface area contributed by atoms with Crippen LogP contribution < -0.4 is 5.32 Å². The topological polar surface area (TPSA) is 62.8 Å². The van der Waals surface area contributed by atoms with Crippen molar-refractivity contribution in [3.05, 3.63) is 138 Å². The summed E-state index contributed by atoms with van der Waals surface area (Å²) in [6.07, 6.45) is -0.391. The number of nitrogens with one attached hydrogen (secondary N) is 1. The number of fused-ring (bicyclic) bond motifs is 2. The molecule has 5 nitrogen and oxygen atoms in total. The summed E-state index contributed by atoms with van der Waals surface area (Å²) in [6.45, 7) is 0.